The number of rotatable bonds is 7. The summed E-state index contributed by atoms with van der Waals surface area (Å²) in [6.07, 6.45) is 3.08. The van der Waals surface area contributed by atoms with Crippen LogP contribution in [-0.4, -0.2) is 61.3 Å². The van der Waals surface area contributed by atoms with E-state index in [0.717, 1.165) is 0 Å². The molecule has 0 aromatic heterocycles. The van der Waals surface area contributed by atoms with Crippen LogP contribution in [-0.2, 0) is 14.3 Å². The van der Waals surface area contributed by atoms with Gasteiger partial charge in [0.15, 0.2) is 0 Å². The molecule has 17 heavy (non-hydrogen) atoms. The van der Waals surface area contributed by atoms with Crippen LogP contribution in [0.1, 0.15) is 6.92 Å². The molecule has 0 fully saturated rings. The second-order valence-corrected chi connectivity index (χ2v) is 6.38. The summed E-state index contributed by atoms with van der Waals surface area (Å²) >= 11 is 0. The summed E-state index contributed by atoms with van der Waals surface area (Å²) < 4.78 is 5.29. The van der Waals surface area contributed by atoms with E-state index in [9.17, 15) is 14.5 Å². The number of allylic oxidation sites excluding steroid dienone is 1. The van der Waals surface area contributed by atoms with E-state index < -0.39 is 14.1 Å². The van der Waals surface area contributed by atoms with Gasteiger partial charge in [-0.1, -0.05) is 6.08 Å². The summed E-state index contributed by atoms with van der Waals surface area (Å²) in [7, 11) is 3.94. The van der Waals surface area contributed by atoms with Crippen LogP contribution in [0.25, 0.3) is 0 Å². The molecule has 5 nitrogen and oxygen atoms in total. The number of esters is 1. The fourth-order valence-corrected chi connectivity index (χ4v) is 2.13. The summed E-state index contributed by atoms with van der Waals surface area (Å²) in [5.74, 6) is -0.449. The van der Waals surface area contributed by atoms with Gasteiger partial charge in [0.05, 0.1) is 27.7 Å². The molecule has 0 rings (SSSR count). The number of carbonyl (C=O) groups excluding carboxylic acids is 2. The highest BCUT2D eigenvalue weighted by Crippen LogP contribution is 2.30. The predicted octanol–water partition coefficient (Wildman–Crippen LogP) is 0.728. The first-order valence-electron chi connectivity index (χ1n) is 5.35. The lowest BCUT2D eigenvalue weighted by molar-refractivity contribution is -0.861. The summed E-state index contributed by atoms with van der Waals surface area (Å²) in [6, 6.07) is 0. The highest BCUT2D eigenvalue weighted by Gasteiger charge is 2.22. The molecule has 0 amide bonds. The number of ether oxygens (including phenoxy) is 1. The molecule has 0 bridgehead atoms. The Morgan fingerprint density at radius 2 is 1.94 bits per heavy atom. The van der Waals surface area contributed by atoms with Crippen molar-refractivity contribution in [1.82, 2.24) is 0 Å². The van der Waals surface area contributed by atoms with Crippen molar-refractivity contribution >= 4 is 19.6 Å². The first kappa shape index (κ1) is 16.2. The molecule has 0 aromatic rings. The molecule has 6 heteroatoms. The molecule has 1 N–H and O–H groups in total. The average Bonchev–Trinajstić information content (AvgIpc) is 2.15. The molecule has 0 spiro atoms. The fourth-order valence-electron chi connectivity index (χ4n) is 1.03. The molecule has 1 unspecified atom stereocenters. The van der Waals surface area contributed by atoms with E-state index >= 15 is 0 Å². The molecule has 0 saturated carbocycles. The number of carbonyl (C=O) groups is 2. The monoisotopic (exact) mass is 262 g/mol. The van der Waals surface area contributed by atoms with Crippen LogP contribution in [0.5, 0.6) is 0 Å². The van der Waals surface area contributed by atoms with Gasteiger partial charge in [-0.2, -0.15) is 0 Å². The second-order valence-electron chi connectivity index (χ2n) is 4.63. The molecule has 0 radical (unpaired) electrons. The lowest BCUT2D eigenvalue weighted by atomic mass is 10.5. The highest BCUT2D eigenvalue weighted by molar-refractivity contribution is 7.69. The van der Waals surface area contributed by atoms with E-state index in [-0.39, 0.29) is 24.8 Å². The van der Waals surface area contributed by atoms with Crippen molar-refractivity contribution in [2.75, 3.05) is 40.5 Å². The highest BCUT2D eigenvalue weighted by atomic mass is 31.1. The maximum Gasteiger partial charge on any atom is 0.330 e. The van der Waals surface area contributed by atoms with Crippen LogP contribution < -0.4 is 0 Å². The Hall–Kier alpha value is -0.770. The first-order chi connectivity index (χ1) is 7.76. The summed E-state index contributed by atoms with van der Waals surface area (Å²) in [5, 5.41) is 0. The zero-order chi connectivity index (χ0) is 13.5. The third-order valence-electron chi connectivity index (χ3n) is 1.75. The van der Waals surface area contributed by atoms with Gasteiger partial charge in [-0.05, 0) is 6.92 Å². The molecule has 0 aliphatic heterocycles. The number of hydrogen-bond acceptors (Lipinski definition) is 4. The van der Waals surface area contributed by atoms with Crippen molar-refractivity contribution in [3.8, 4) is 0 Å². The normalized spacial score (nSPS) is 13.7. The second kappa shape index (κ2) is 7.54. The van der Waals surface area contributed by atoms with Crippen molar-refractivity contribution in [3.63, 3.8) is 0 Å². The van der Waals surface area contributed by atoms with Crippen molar-refractivity contribution in [1.29, 1.82) is 0 Å². The summed E-state index contributed by atoms with van der Waals surface area (Å²) in [5.41, 5.74) is -0.172. The smallest absolute Gasteiger partial charge is 0.330 e. The van der Waals surface area contributed by atoms with Crippen molar-refractivity contribution in [2.45, 2.75) is 6.92 Å². The van der Waals surface area contributed by atoms with Gasteiger partial charge in [-0.3, -0.25) is 4.79 Å². The van der Waals surface area contributed by atoms with Crippen LogP contribution in [0.3, 0.4) is 0 Å². The van der Waals surface area contributed by atoms with Crippen LogP contribution in [0.15, 0.2) is 12.2 Å². The first-order valence-corrected chi connectivity index (χ1v) is 6.83. The maximum atomic E-state index is 11.6. The standard InChI is InChI=1S/C11H21NO4P/c1-5-6-10(13)16-7-8-17(15)11(14)9-12(2,3)4/h5-6,15H,7-9H2,1-4H3/q+1. The molecule has 0 aliphatic rings. The molecule has 0 aliphatic carbocycles. The molecular weight excluding hydrogens is 241 g/mol. The van der Waals surface area contributed by atoms with Crippen LogP contribution in [0.4, 0.5) is 0 Å². The van der Waals surface area contributed by atoms with Gasteiger partial charge in [0, 0.05) is 12.2 Å². The van der Waals surface area contributed by atoms with Gasteiger partial charge in [0.1, 0.15) is 14.7 Å². The summed E-state index contributed by atoms with van der Waals surface area (Å²) in [4.78, 5) is 32.1. The Bertz CT molecular complexity index is 296. The van der Waals surface area contributed by atoms with Gasteiger partial charge < -0.3 is 14.1 Å². The van der Waals surface area contributed by atoms with Gasteiger partial charge in [0.25, 0.3) is 0 Å². The zero-order valence-corrected chi connectivity index (χ0v) is 11.7. The van der Waals surface area contributed by atoms with Crippen LogP contribution in [0.2, 0.25) is 0 Å². The lowest BCUT2D eigenvalue weighted by Crippen LogP contribution is -2.39. The largest absolute Gasteiger partial charge is 0.462 e. The Morgan fingerprint density at radius 1 is 1.35 bits per heavy atom. The van der Waals surface area contributed by atoms with Gasteiger partial charge in [0.2, 0.25) is 5.52 Å². The predicted molar refractivity (Wildman–Crippen MR) is 67.7 cm³/mol. The number of nitrogens with zero attached hydrogens (tertiary/aromatic N) is 1. The van der Waals surface area contributed by atoms with Gasteiger partial charge in [-0.25, -0.2) is 4.79 Å². The lowest BCUT2D eigenvalue weighted by Gasteiger charge is -2.23. The minimum absolute atomic E-state index is 0.0776. The fraction of sp³-hybridized carbons (Fsp3) is 0.636. The summed E-state index contributed by atoms with van der Waals surface area (Å²) in [6.45, 7) is 2.07. The van der Waals surface area contributed by atoms with Crippen LogP contribution in [0, 0.1) is 0 Å². The number of likely N-dealkylation sites (N-methyl/N-ethyl adjacent to an activating group) is 1. The average molecular weight is 262 g/mol. The van der Waals surface area contributed by atoms with E-state index in [4.69, 9.17) is 4.74 Å². The maximum absolute atomic E-state index is 11.6. The van der Waals surface area contributed by atoms with Crippen molar-refractivity contribution in [3.05, 3.63) is 12.2 Å². The SMILES string of the molecule is CC=CC(=O)OCCP(O)C(=O)C[N+](C)(C)C. The molecular formula is C11H21NO4P+. The number of quaternary nitrogens is 1. The topological polar surface area (TPSA) is 63.6 Å². The van der Waals surface area contributed by atoms with Crippen molar-refractivity contribution in [2.24, 2.45) is 0 Å². The molecule has 0 saturated heterocycles. The van der Waals surface area contributed by atoms with E-state index in [0.29, 0.717) is 4.48 Å². The third-order valence-corrected chi connectivity index (χ3v) is 3.07. The third kappa shape index (κ3) is 8.98. The van der Waals surface area contributed by atoms with Gasteiger partial charge in [-0.15, -0.1) is 0 Å². The zero-order valence-electron chi connectivity index (χ0n) is 10.8. The Labute approximate surface area is 103 Å². The Morgan fingerprint density at radius 3 is 2.41 bits per heavy atom. The van der Waals surface area contributed by atoms with E-state index in [1.807, 2.05) is 21.1 Å². The molecule has 0 aromatic carbocycles. The van der Waals surface area contributed by atoms with E-state index in [2.05, 4.69) is 0 Å². The van der Waals surface area contributed by atoms with Crippen molar-refractivity contribution < 1.29 is 23.7 Å². The minimum atomic E-state index is -1.70. The molecule has 1 atom stereocenters. The Balaban J connectivity index is 3.90. The number of hydrogen-bond donors (Lipinski definition) is 1. The van der Waals surface area contributed by atoms with E-state index in [1.165, 1.54) is 6.08 Å². The van der Waals surface area contributed by atoms with E-state index in [1.54, 1.807) is 13.0 Å². The van der Waals surface area contributed by atoms with Crippen LogP contribution >= 0.6 is 8.15 Å². The minimum Gasteiger partial charge on any atom is -0.462 e. The quantitative estimate of drug-likeness (QED) is 0.318. The Kier molecular flexibility index (Phi) is 7.19. The molecule has 98 valence electrons. The molecule has 0 heterocycles. The van der Waals surface area contributed by atoms with Gasteiger partial charge >= 0.3 is 5.97 Å².